The molecule has 1 atom stereocenters. The van der Waals surface area contributed by atoms with Gasteiger partial charge in [-0.05, 0) is 37.8 Å². The van der Waals surface area contributed by atoms with Gasteiger partial charge in [0.25, 0.3) is 5.56 Å². The van der Waals surface area contributed by atoms with Crippen molar-refractivity contribution in [3.63, 3.8) is 0 Å². The molecule has 0 bridgehead atoms. The third-order valence-corrected chi connectivity index (χ3v) is 4.74. The van der Waals surface area contributed by atoms with Crippen LogP contribution in [0.25, 0.3) is 5.69 Å². The zero-order valence-electron chi connectivity index (χ0n) is 12.6. The predicted octanol–water partition coefficient (Wildman–Crippen LogP) is 4.01. The Balaban J connectivity index is 2.38. The number of benzene rings is 1. The maximum atomic E-state index is 12.4. The van der Waals surface area contributed by atoms with Crippen LogP contribution in [-0.4, -0.2) is 27.8 Å². The number of nitrogens with one attached hydrogen (secondary N) is 1. The molecule has 2 aromatic rings. The lowest BCUT2D eigenvalue weighted by Crippen LogP contribution is -2.25. The van der Waals surface area contributed by atoms with Gasteiger partial charge in [-0.15, -0.1) is 0 Å². The van der Waals surface area contributed by atoms with E-state index in [9.17, 15) is 4.79 Å². The lowest BCUT2D eigenvalue weighted by molar-refractivity contribution is 0.802. The molecule has 1 N–H and O–H groups in total. The Hall–Kier alpha value is -1.17. The van der Waals surface area contributed by atoms with Crippen LogP contribution in [0.2, 0.25) is 10.0 Å². The van der Waals surface area contributed by atoms with E-state index in [0.29, 0.717) is 16.4 Å². The standard InChI is InChI=1S/C15H17Cl2N3OS/c1-9-4-5-11(6-12(9)16)20-15(21)14(17)13(7-18-20)19-10(2)8-22-3/h4-7,10,19H,8H2,1-3H3. The Bertz CT molecular complexity index is 733. The van der Waals surface area contributed by atoms with Crippen molar-refractivity contribution in [1.29, 1.82) is 0 Å². The second-order valence-electron chi connectivity index (χ2n) is 5.02. The van der Waals surface area contributed by atoms with Gasteiger partial charge in [-0.2, -0.15) is 21.5 Å². The number of thioether (sulfide) groups is 1. The summed E-state index contributed by atoms with van der Waals surface area (Å²) >= 11 is 14.0. The van der Waals surface area contributed by atoms with Crippen molar-refractivity contribution in [2.75, 3.05) is 17.3 Å². The average molecular weight is 358 g/mol. The Morgan fingerprint density at radius 1 is 1.41 bits per heavy atom. The van der Waals surface area contributed by atoms with E-state index in [1.165, 1.54) is 4.68 Å². The Kier molecular flexibility index (Phi) is 5.78. The van der Waals surface area contributed by atoms with E-state index in [0.717, 1.165) is 11.3 Å². The maximum Gasteiger partial charge on any atom is 0.292 e. The van der Waals surface area contributed by atoms with E-state index in [1.807, 2.05) is 26.2 Å². The first-order valence-corrected chi connectivity index (χ1v) is 8.89. The zero-order chi connectivity index (χ0) is 16.3. The molecule has 22 heavy (non-hydrogen) atoms. The van der Waals surface area contributed by atoms with Gasteiger partial charge in [0, 0.05) is 16.8 Å². The molecule has 7 heteroatoms. The SMILES string of the molecule is CSCC(C)Nc1cnn(-c2ccc(C)c(Cl)c2)c(=O)c1Cl. The van der Waals surface area contributed by atoms with E-state index in [4.69, 9.17) is 23.2 Å². The lowest BCUT2D eigenvalue weighted by Gasteiger charge is -2.15. The highest BCUT2D eigenvalue weighted by atomic mass is 35.5. The fourth-order valence-corrected chi connectivity index (χ4v) is 2.93. The highest BCUT2D eigenvalue weighted by Crippen LogP contribution is 2.21. The second-order valence-corrected chi connectivity index (χ2v) is 6.72. The van der Waals surface area contributed by atoms with Crippen molar-refractivity contribution in [2.24, 2.45) is 0 Å². The largest absolute Gasteiger partial charge is 0.379 e. The summed E-state index contributed by atoms with van der Waals surface area (Å²) < 4.78 is 1.25. The molecule has 118 valence electrons. The van der Waals surface area contributed by atoms with Gasteiger partial charge in [0.15, 0.2) is 0 Å². The second kappa shape index (κ2) is 7.40. The van der Waals surface area contributed by atoms with Crippen LogP contribution in [0.5, 0.6) is 0 Å². The third kappa shape index (κ3) is 3.77. The van der Waals surface area contributed by atoms with Gasteiger partial charge < -0.3 is 5.32 Å². The molecule has 0 saturated heterocycles. The lowest BCUT2D eigenvalue weighted by atomic mass is 10.2. The summed E-state index contributed by atoms with van der Waals surface area (Å²) in [6.45, 7) is 3.92. The molecule has 0 aliphatic rings. The Labute approximate surface area is 143 Å². The van der Waals surface area contributed by atoms with Crippen LogP contribution in [0, 0.1) is 6.92 Å². The van der Waals surface area contributed by atoms with Gasteiger partial charge in [-0.25, -0.2) is 0 Å². The summed E-state index contributed by atoms with van der Waals surface area (Å²) in [7, 11) is 0. The number of hydrogen-bond acceptors (Lipinski definition) is 4. The molecule has 0 radical (unpaired) electrons. The van der Waals surface area contributed by atoms with Crippen LogP contribution in [0.4, 0.5) is 5.69 Å². The minimum atomic E-state index is -0.372. The van der Waals surface area contributed by atoms with E-state index < -0.39 is 0 Å². The van der Waals surface area contributed by atoms with Gasteiger partial charge in [0.2, 0.25) is 0 Å². The number of aryl methyl sites for hydroxylation is 1. The zero-order valence-corrected chi connectivity index (χ0v) is 14.9. The molecule has 0 amide bonds. The highest BCUT2D eigenvalue weighted by molar-refractivity contribution is 7.98. The van der Waals surface area contributed by atoms with Crippen LogP contribution >= 0.6 is 35.0 Å². The summed E-state index contributed by atoms with van der Waals surface area (Å²) in [4.78, 5) is 12.4. The van der Waals surface area contributed by atoms with Crippen molar-refractivity contribution < 1.29 is 0 Å². The van der Waals surface area contributed by atoms with Gasteiger partial charge in [-0.3, -0.25) is 4.79 Å². The maximum absolute atomic E-state index is 12.4. The fourth-order valence-electron chi connectivity index (χ4n) is 1.99. The Morgan fingerprint density at radius 3 is 2.77 bits per heavy atom. The molecule has 4 nitrogen and oxygen atoms in total. The van der Waals surface area contributed by atoms with Gasteiger partial charge in [-0.1, -0.05) is 29.3 Å². The summed E-state index contributed by atoms with van der Waals surface area (Å²) in [5.41, 5.74) is 1.70. The average Bonchev–Trinajstić information content (AvgIpc) is 2.47. The van der Waals surface area contributed by atoms with Gasteiger partial charge in [0.1, 0.15) is 5.02 Å². The number of halogens is 2. The first-order valence-electron chi connectivity index (χ1n) is 6.74. The first kappa shape index (κ1) is 17.2. The van der Waals surface area contributed by atoms with E-state index >= 15 is 0 Å². The van der Waals surface area contributed by atoms with Crippen molar-refractivity contribution in [2.45, 2.75) is 19.9 Å². The van der Waals surface area contributed by atoms with Crippen molar-refractivity contribution >= 4 is 40.7 Å². The van der Waals surface area contributed by atoms with E-state index in [1.54, 1.807) is 30.1 Å². The monoisotopic (exact) mass is 357 g/mol. The molecule has 1 heterocycles. The molecule has 0 saturated carbocycles. The predicted molar refractivity (Wildman–Crippen MR) is 96.1 cm³/mol. The molecule has 1 unspecified atom stereocenters. The summed E-state index contributed by atoms with van der Waals surface area (Å²) in [5, 5.41) is 8.09. The van der Waals surface area contributed by atoms with Crippen molar-refractivity contribution in [3.8, 4) is 5.69 Å². The first-order chi connectivity index (χ1) is 10.4. The minimum Gasteiger partial charge on any atom is -0.379 e. The third-order valence-electron chi connectivity index (χ3n) is 3.14. The number of anilines is 1. The molecule has 0 aliphatic heterocycles. The van der Waals surface area contributed by atoms with Crippen molar-refractivity contribution in [1.82, 2.24) is 9.78 Å². The summed E-state index contributed by atoms with van der Waals surface area (Å²) in [6, 6.07) is 5.52. The molecule has 0 spiro atoms. The van der Waals surface area contributed by atoms with Crippen molar-refractivity contribution in [3.05, 3.63) is 50.4 Å². The number of hydrogen-bond donors (Lipinski definition) is 1. The highest BCUT2D eigenvalue weighted by Gasteiger charge is 2.13. The molecule has 1 aromatic carbocycles. The van der Waals surface area contributed by atoms with Crippen LogP contribution in [0.15, 0.2) is 29.2 Å². The van der Waals surface area contributed by atoms with Gasteiger partial charge in [0.05, 0.1) is 17.6 Å². The molecular formula is C15H17Cl2N3OS. The van der Waals surface area contributed by atoms with Gasteiger partial charge >= 0.3 is 0 Å². The fraction of sp³-hybridized carbons (Fsp3) is 0.333. The summed E-state index contributed by atoms with van der Waals surface area (Å²) in [5.74, 6) is 0.910. The number of rotatable bonds is 5. The molecule has 1 aromatic heterocycles. The summed E-state index contributed by atoms with van der Waals surface area (Å²) in [6.07, 6.45) is 3.59. The van der Waals surface area contributed by atoms with Crippen LogP contribution in [-0.2, 0) is 0 Å². The van der Waals surface area contributed by atoms with Crippen LogP contribution in [0.3, 0.4) is 0 Å². The molecule has 0 aliphatic carbocycles. The smallest absolute Gasteiger partial charge is 0.292 e. The number of aromatic nitrogens is 2. The van der Waals surface area contributed by atoms with E-state index in [2.05, 4.69) is 10.4 Å². The quantitative estimate of drug-likeness (QED) is 0.877. The topological polar surface area (TPSA) is 46.9 Å². The molecule has 0 fully saturated rings. The van der Waals surface area contributed by atoms with E-state index in [-0.39, 0.29) is 16.6 Å². The number of nitrogens with zero attached hydrogens (tertiary/aromatic N) is 2. The molecule has 2 rings (SSSR count). The Morgan fingerprint density at radius 2 is 2.14 bits per heavy atom. The normalized spacial score (nSPS) is 12.2. The molecular weight excluding hydrogens is 341 g/mol. The van der Waals surface area contributed by atoms with Crippen LogP contribution in [0.1, 0.15) is 12.5 Å². The minimum absolute atomic E-state index is 0.125. The van der Waals surface area contributed by atoms with Crippen LogP contribution < -0.4 is 10.9 Å².